The molecule has 8 nitrogen and oxygen atoms in total. The summed E-state index contributed by atoms with van der Waals surface area (Å²) in [6.45, 7) is 1.34. The zero-order chi connectivity index (χ0) is 13.5. The molecule has 4 heterocycles. The van der Waals surface area contributed by atoms with E-state index in [0.29, 0.717) is 18.2 Å². The van der Waals surface area contributed by atoms with E-state index < -0.39 is 0 Å². The highest BCUT2D eigenvalue weighted by Crippen LogP contribution is 2.18. The zero-order valence-corrected chi connectivity index (χ0v) is 10.5. The van der Waals surface area contributed by atoms with Gasteiger partial charge in [-0.3, -0.25) is 9.69 Å². The van der Waals surface area contributed by atoms with Crippen molar-refractivity contribution in [2.45, 2.75) is 13.0 Å². The smallest absolute Gasteiger partial charge is 0.279 e. The van der Waals surface area contributed by atoms with Crippen molar-refractivity contribution in [1.82, 2.24) is 29.6 Å². The van der Waals surface area contributed by atoms with E-state index in [1.54, 1.807) is 22.0 Å². The molecule has 0 aromatic carbocycles. The van der Waals surface area contributed by atoms with Gasteiger partial charge in [-0.15, -0.1) is 0 Å². The van der Waals surface area contributed by atoms with Gasteiger partial charge in [0.1, 0.15) is 5.69 Å². The molecule has 1 amide bonds. The number of aromatic nitrogens is 6. The van der Waals surface area contributed by atoms with Crippen LogP contribution >= 0.6 is 0 Å². The number of amides is 1. The molecule has 20 heavy (non-hydrogen) atoms. The van der Waals surface area contributed by atoms with E-state index in [0.717, 1.165) is 18.5 Å². The predicted molar refractivity (Wildman–Crippen MR) is 69.3 cm³/mol. The molecule has 0 fully saturated rings. The average Bonchev–Trinajstić information content (AvgIpc) is 3.13. The van der Waals surface area contributed by atoms with Gasteiger partial charge in [0.2, 0.25) is 0 Å². The van der Waals surface area contributed by atoms with E-state index in [1.807, 2.05) is 22.7 Å². The van der Waals surface area contributed by atoms with E-state index in [-0.39, 0.29) is 5.91 Å². The lowest BCUT2D eigenvalue weighted by atomic mass is 10.2. The third kappa shape index (κ3) is 1.58. The SMILES string of the molecule is O=C(c1cc2cccn2cn1)N1CCCn2nnnc21. The Kier molecular flexibility index (Phi) is 2.28. The number of nitrogens with zero attached hydrogens (tertiary/aromatic N) is 7. The summed E-state index contributed by atoms with van der Waals surface area (Å²) in [5.41, 5.74) is 1.33. The second-order valence-electron chi connectivity index (χ2n) is 4.63. The first-order chi connectivity index (χ1) is 9.83. The fourth-order valence-corrected chi connectivity index (χ4v) is 2.40. The minimum absolute atomic E-state index is 0.176. The van der Waals surface area contributed by atoms with Crippen molar-refractivity contribution in [1.29, 1.82) is 0 Å². The number of fused-ring (bicyclic) bond motifs is 2. The quantitative estimate of drug-likeness (QED) is 0.637. The normalized spacial score (nSPS) is 14.5. The molecule has 0 unspecified atom stereocenters. The van der Waals surface area contributed by atoms with Crippen LogP contribution in [0.1, 0.15) is 16.9 Å². The summed E-state index contributed by atoms with van der Waals surface area (Å²) in [5, 5.41) is 11.4. The molecule has 8 heteroatoms. The molecule has 1 aliphatic heterocycles. The molecular weight excluding hydrogens is 258 g/mol. The molecule has 1 aliphatic rings. The summed E-state index contributed by atoms with van der Waals surface area (Å²) < 4.78 is 3.49. The van der Waals surface area contributed by atoms with Gasteiger partial charge in [0.15, 0.2) is 0 Å². The van der Waals surface area contributed by atoms with E-state index in [1.165, 1.54) is 0 Å². The van der Waals surface area contributed by atoms with Crippen LogP contribution in [0.4, 0.5) is 5.95 Å². The monoisotopic (exact) mass is 269 g/mol. The van der Waals surface area contributed by atoms with Gasteiger partial charge < -0.3 is 4.40 Å². The van der Waals surface area contributed by atoms with Crippen LogP contribution < -0.4 is 4.90 Å². The Balaban J connectivity index is 1.74. The molecule has 0 spiro atoms. The van der Waals surface area contributed by atoms with Crippen molar-refractivity contribution < 1.29 is 4.79 Å². The Morgan fingerprint density at radius 3 is 3.20 bits per heavy atom. The number of rotatable bonds is 1. The summed E-state index contributed by atoms with van der Waals surface area (Å²) in [6.07, 6.45) is 4.35. The molecular formula is C12H11N7O. The van der Waals surface area contributed by atoms with Crippen molar-refractivity contribution in [3.05, 3.63) is 36.4 Å². The van der Waals surface area contributed by atoms with Crippen LogP contribution in [0.3, 0.4) is 0 Å². The Morgan fingerprint density at radius 2 is 2.25 bits per heavy atom. The van der Waals surface area contributed by atoms with Crippen LogP contribution in [0.2, 0.25) is 0 Å². The minimum atomic E-state index is -0.176. The number of carbonyl (C=O) groups is 1. The largest absolute Gasteiger partial charge is 0.308 e. The van der Waals surface area contributed by atoms with E-state index in [9.17, 15) is 4.79 Å². The van der Waals surface area contributed by atoms with Crippen LogP contribution in [0.25, 0.3) is 5.52 Å². The first-order valence-corrected chi connectivity index (χ1v) is 6.34. The lowest BCUT2D eigenvalue weighted by Crippen LogP contribution is -2.38. The van der Waals surface area contributed by atoms with E-state index >= 15 is 0 Å². The standard InChI is InChI=1S/C12H11N7O/c20-11(10-7-9-3-1-4-17(9)8-13-10)18-5-2-6-19-12(18)14-15-16-19/h1,3-4,7-8H,2,5-6H2. The molecule has 4 rings (SSSR count). The number of carbonyl (C=O) groups excluding carboxylic acids is 1. The van der Waals surface area contributed by atoms with Gasteiger partial charge in [0.25, 0.3) is 11.9 Å². The summed E-state index contributed by atoms with van der Waals surface area (Å²) in [7, 11) is 0. The summed E-state index contributed by atoms with van der Waals surface area (Å²) in [4.78, 5) is 18.4. The molecule has 3 aromatic heterocycles. The van der Waals surface area contributed by atoms with Crippen molar-refractivity contribution in [2.75, 3.05) is 11.4 Å². The maximum Gasteiger partial charge on any atom is 0.279 e. The Morgan fingerprint density at radius 1 is 1.30 bits per heavy atom. The molecule has 0 saturated carbocycles. The highest BCUT2D eigenvalue weighted by molar-refractivity contribution is 6.04. The Labute approximate surface area is 113 Å². The fraction of sp³-hybridized carbons (Fsp3) is 0.250. The maximum atomic E-state index is 12.6. The second kappa shape index (κ2) is 4.12. The molecule has 0 radical (unpaired) electrons. The Hall–Kier alpha value is -2.77. The first kappa shape index (κ1) is 11.1. The van der Waals surface area contributed by atoms with Crippen molar-refractivity contribution in [3.8, 4) is 0 Å². The number of hydrogen-bond acceptors (Lipinski definition) is 5. The molecule has 100 valence electrons. The van der Waals surface area contributed by atoms with Gasteiger partial charge >= 0.3 is 0 Å². The first-order valence-electron chi connectivity index (χ1n) is 6.34. The van der Waals surface area contributed by atoms with E-state index in [2.05, 4.69) is 20.5 Å². The van der Waals surface area contributed by atoms with Crippen molar-refractivity contribution in [2.24, 2.45) is 0 Å². The summed E-state index contributed by atoms with van der Waals surface area (Å²) in [6, 6.07) is 5.61. The number of tetrazole rings is 1. The minimum Gasteiger partial charge on any atom is -0.308 e. The summed E-state index contributed by atoms with van der Waals surface area (Å²) in [5.74, 6) is 0.308. The van der Waals surface area contributed by atoms with Crippen LogP contribution in [0, 0.1) is 0 Å². The van der Waals surface area contributed by atoms with Gasteiger partial charge in [0.05, 0.1) is 6.33 Å². The number of aryl methyl sites for hydroxylation is 1. The number of hydrogen-bond donors (Lipinski definition) is 0. The zero-order valence-electron chi connectivity index (χ0n) is 10.5. The molecule has 0 bridgehead atoms. The van der Waals surface area contributed by atoms with Gasteiger partial charge in [0, 0.05) is 24.8 Å². The summed E-state index contributed by atoms with van der Waals surface area (Å²) >= 11 is 0. The molecule has 0 aliphatic carbocycles. The number of anilines is 1. The Bertz CT molecular complexity index is 790. The molecule has 3 aromatic rings. The van der Waals surface area contributed by atoms with Gasteiger partial charge in [-0.2, -0.15) is 0 Å². The highest BCUT2D eigenvalue weighted by atomic mass is 16.2. The van der Waals surface area contributed by atoms with Crippen LogP contribution in [0.5, 0.6) is 0 Å². The molecule has 0 N–H and O–H groups in total. The van der Waals surface area contributed by atoms with Crippen LogP contribution in [0.15, 0.2) is 30.7 Å². The van der Waals surface area contributed by atoms with Gasteiger partial charge in [-0.1, -0.05) is 5.10 Å². The maximum absolute atomic E-state index is 12.6. The lowest BCUT2D eigenvalue weighted by Gasteiger charge is -2.24. The topological polar surface area (TPSA) is 81.2 Å². The van der Waals surface area contributed by atoms with Gasteiger partial charge in [-0.25, -0.2) is 9.67 Å². The third-order valence-electron chi connectivity index (χ3n) is 3.39. The average molecular weight is 269 g/mol. The lowest BCUT2D eigenvalue weighted by molar-refractivity contribution is 0.0975. The molecule has 0 atom stereocenters. The highest BCUT2D eigenvalue weighted by Gasteiger charge is 2.27. The van der Waals surface area contributed by atoms with Crippen LogP contribution in [-0.2, 0) is 6.54 Å². The second-order valence-corrected chi connectivity index (χ2v) is 4.63. The fourth-order valence-electron chi connectivity index (χ4n) is 2.40. The van der Waals surface area contributed by atoms with Crippen molar-refractivity contribution >= 4 is 17.4 Å². The predicted octanol–water partition coefficient (Wildman–Crippen LogP) is 0.371. The van der Waals surface area contributed by atoms with Gasteiger partial charge in [-0.05, 0) is 35.0 Å². The van der Waals surface area contributed by atoms with Crippen molar-refractivity contribution in [3.63, 3.8) is 0 Å². The molecule has 0 saturated heterocycles. The third-order valence-corrected chi connectivity index (χ3v) is 3.39. The van der Waals surface area contributed by atoms with E-state index in [4.69, 9.17) is 0 Å². The van der Waals surface area contributed by atoms with Crippen LogP contribution in [-0.4, -0.2) is 42.0 Å².